The lowest BCUT2D eigenvalue weighted by atomic mass is 9.92. The molecule has 0 atom stereocenters. The van der Waals surface area contributed by atoms with Gasteiger partial charge in [0.1, 0.15) is 0 Å². The van der Waals surface area contributed by atoms with Gasteiger partial charge in [0.2, 0.25) is 0 Å². The Morgan fingerprint density at radius 1 is 0.966 bits per heavy atom. The molecule has 3 aromatic rings. The second-order valence-corrected chi connectivity index (χ2v) is 7.50. The maximum atomic E-state index is 12.9. The molecule has 152 valence electrons. The summed E-state index contributed by atoms with van der Waals surface area (Å²) in [6.07, 6.45) is -0.145. The van der Waals surface area contributed by atoms with Gasteiger partial charge in [-0.25, -0.2) is 0 Å². The number of hydrogen-bond donors (Lipinski definition) is 3. The van der Waals surface area contributed by atoms with E-state index in [4.69, 9.17) is 0 Å². The van der Waals surface area contributed by atoms with E-state index in [2.05, 4.69) is 33.0 Å². The molecule has 4 nitrogen and oxygen atoms in total. The standard InChI is InChI=1S/C22H23F3N4/c23-22(24,25)17-9-6-10-18(13-17)27-20-14-19(28-29-20)21(11-4-5-12-21)26-15-16-7-2-1-3-8-16/h1-3,6-10,13-14,26H,4-5,11-12,15H2,(H2,27,28,29). The summed E-state index contributed by atoms with van der Waals surface area (Å²) in [6, 6.07) is 17.2. The van der Waals surface area contributed by atoms with Crippen LogP contribution in [-0.2, 0) is 18.3 Å². The molecule has 1 heterocycles. The zero-order valence-corrected chi connectivity index (χ0v) is 15.9. The number of benzene rings is 2. The van der Waals surface area contributed by atoms with E-state index in [1.807, 2.05) is 24.3 Å². The Balaban J connectivity index is 1.51. The molecule has 0 spiro atoms. The summed E-state index contributed by atoms with van der Waals surface area (Å²) in [7, 11) is 0. The first-order chi connectivity index (χ1) is 13.9. The zero-order chi connectivity index (χ0) is 20.3. The van der Waals surface area contributed by atoms with Crippen LogP contribution in [0.5, 0.6) is 0 Å². The van der Waals surface area contributed by atoms with Crippen molar-refractivity contribution in [3.8, 4) is 0 Å². The topological polar surface area (TPSA) is 52.7 Å². The van der Waals surface area contributed by atoms with Crippen molar-refractivity contribution in [2.45, 2.75) is 43.9 Å². The van der Waals surface area contributed by atoms with Crippen molar-refractivity contribution >= 4 is 11.5 Å². The molecule has 0 aliphatic heterocycles. The van der Waals surface area contributed by atoms with Crippen molar-refractivity contribution in [1.82, 2.24) is 15.5 Å². The highest BCUT2D eigenvalue weighted by atomic mass is 19.4. The van der Waals surface area contributed by atoms with Crippen molar-refractivity contribution < 1.29 is 13.2 Å². The van der Waals surface area contributed by atoms with Gasteiger partial charge in [-0.15, -0.1) is 0 Å². The van der Waals surface area contributed by atoms with Crippen LogP contribution in [0, 0.1) is 0 Å². The summed E-state index contributed by atoms with van der Waals surface area (Å²) in [4.78, 5) is 0. The van der Waals surface area contributed by atoms with Crippen LogP contribution in [0.25, 0.3) is 0 Å². The van der Waals surface area contributed by atoms with E-state index >= 15 is 0 Å². The van der Waals surface area contributed by atoms with Gasteiger partial charge in [0, 0.05) is 18.3 Å². The molecule has 1 aliphatic rings. The van der Waals surface area contributed by atoms with E-state index in [1.165, 1.54) is 11.6 Å². The minimum absolute atomic E-state index is 0.198. The van der Waals surface area contributed by atoms with E-state index in [0.29, 0.717) is 11.5 Å². The zero-order valence-electron chi connectivity index (χ0n) is 15.9. The van der Waals surface area contributed by atoms with Crippen molar-refractivity contribution in [2.24, 2.45) is 0 Å². The van der Waals surface area contributed by atoms with Crippen molar-refractivity contribution in [2.75, 3.05) is 5.32 Å². The number of nitrogens with zero attached hydrogens (tertiary/aromatic N) is 1. The van der Waals surface area contributed by atoms with Crippen LogP contribution in [0.1, 0.15) is 42.5 Å². The van der Waals surface area contributed by atoms with E-state index < -0.39 is 11.7 Å². The Bertz CT molecular complexity index is 944. The van der Waals surface area contributed by atoms with E-state index in [-0.39, 0.29) is 5.54 Å². The van der Waals surface area contributed by atoms with E-state index in [9.17, 15) is 13.2 Å². The SMILES string of the molecule is FC(F)(F)c1cccc(Nc2cc(C3(NCc4ccccc4)CCCC3)[nH]n2)c1. The van der Waals surface area contributed by atoms with Gasteiger partial charge in [-0.05, 0) is 36.6 Å². The molecular weight excluding hydrogens is 377 g/mol. The number of nitrogens with one attached hydrogen (secondary N) is 3. The van der Waals surface area contributed by atoms with Gasteiger partial charge in [-0.2, -0.15) is 18.3 Å². The largest absolute Gasteiger partial charge is 0.416 e. The third-order valence-electron chi connectivity index (χ3n) is 5.49. The average molecular weight is 400 g/mol. The molecule has 1 aromatic heterocycles. The third kappa shape index (κ3) is 4.45. The van der Waals surface area contributed by atoms with E-state index in [1.54, 1.807) is 6.07 Å². The second kappa shape index (κ2) is 7.91. The first-order valence-corrected chi connectivity index (χ1v) is 9.74. The van der Waals surface area contributed by atoms with Crippen LogP contribution in [0.2, 0.25) is 0 Å². The maximum absolute atomic E-state index is 12.9. The van der Waals surface area contributed by atoms with Crippen LogP contribution >= 0.6 is 0 Å². The quantitative estimate of drug-likeness (QED) is 0.495. The molecule has 1 saturated carbocycles. The van der Waals surface area contributed by atoms with Crippen molar-refractivity contribution in [3.63, 3.8) is 0 Å². The van der Waals surface area contributed by atoms with Gasteiger partial charge >= 0.3 is 6.18 Å². The highest BCUT2D eigenvalue weighted by molar-refractivity contribution is 5.57. The first-order valence-electron chi connectivity index (χ1n) is 9.74. The summed E-state index contributed by atoms with van der Waals surface area (Å²) in [5, 5.41) is 14.1. The summed E-state index contributed by atoms with van der Waals surface area (Å²) >= 11 is 0. The Morgan fingerprint density at radius 2 is 1.72 bits per heavy atom. The number of aromatic amines is 1. The number of hydrogen-bond acceptors (Lipinski definition) is 3. The number of aromatic nitrogens is 2. The highest BCUT2D eigenvalue weighted by Crippen LogP contribution is 2.39. The molecular formula is C22H23F3N4. The second-order valence-electron chi connectivity index (χ2n) is 7.50. The van der Waals surface area contributed by atoms with Crippen LogP contribution in [0.15, 0.2) is 60.7 Å². The molecule has 3 N–H and O–H groups in total. The lowest BCUT2D eigenvalue weighted by Gasteiger charge is -2.29. The number of halogens is 3. The van der Waals surface area contributed by atoms with Gasteiger partial charge in [0.15, 0.2) is 5.82 Å². The van der Waals surface area contributed by atoms with Crippen molar-refractivity contribution in [1.29, 1.82) is 0 Å². The average Bonchev–Trinajstić information content (AvgIpc) is 3.37. The molecule has 1 aliphatic carbocycles. The number of anilines is 2. The monoisotopic (exact) mass is 400 g/mol. The smallest absolute Gasteiger partial charge is 0.339 e. The fraction of sp³-hybridized carbons (Fsp3) is 0.318. The van der Waals surface area contributed by atoms with E-state index in [0.717, 1.165) is 50.1 Å². The fourth-order valence-electron chi connectivity index (χ4n) is 3.94. The lowest BCUT2D eigenvalue weighted by molar-refractivity contribution is -0.137. The van der Waals surface area contributed by atoms with Crippen LogP contribution in [0.4, 0.5) is 24.7 Å². The van der Waals surface area contributed by atoms with Gasteiger partial charge in [0.25, 0.3) is 0 Å². The minimum Gasteiger partial charge on any atom is -0.339 e. The number of H-pyrrole nitrogens is 1. The third-order valence-corrected chi connectivity index (χ3v) is 5.49. The van der Waals surface area contributed by atoms with Gasteiger partial charge < -0.3 is 10.6 Å². The maximum Gasteiger partial charge on any atom is 0.416 e. The Labute approximate surface area is 167 Å². The molecule has 0 saturated heterocycles. The summed E-state index contributed by atoms with van der Waals surface area (Å²) < 4.78 is 38.8. The molecule has 29 heavy (non-hydrogen) atoms. The summed E-state index contributed by atoms with van der Waals surface area (Å²) in [6.45, 7) is 0.746. The minimum atomic E-state index is -4.37. The molecule has 2 aromatic carbocycles. The first kappa shape index (κ1) is 19.5. The Kier molecular flexibility index (Phi) is 5.32. The predicted molar refractivity (Wildman–Crippen MR) is 107 cm³/mol. The molecule has 0 amide bonds. The van der Waals surface area contributed by atoms with Gasteiger partial charge in [0.05, 0.1) is 16.8 Å². The molecule has 4 rings (SSSR count). The van der Waals surface area contributed by atoms with Gasteiger partial charge in [-0.1, -0.05) is 49.2 Å². The summed E-state index contributed by atoms with van der Waals surface area (Å²) in [5.41, 5.74) is 1.64. The molecule has 7 heteroatoms. The lowest BCUT2D eigenvalue weighted by Crippen LogP contribution is -2.39. The predicted octanol–water partition coefficient (Wildman–Crippen LogP) is 5.73. The highest BCUT2D eigenvalue weighted by Gasteiger charge is 2.37. The number of alkyl halides is 3. The Morgan fingerprint density at radius 3 is 2.45 bits per heavy atom. The number of rotatable bonds is 6. The Hall–Kier alpha value is -2.80. The van der Waals surface area contributed by atoms with Crippen LogP contribution in [0.3, 0.4) is 0 Å². The van der Waals surface area contributed by atoms with Crippen LogP contribution < -0.4 is 10.6 Å². The molecule has 0 radical (unpaired) electrons. The molecule has 1 fully saturated rings. The normalized spacial score (nSPS) is 16.1. The molecule has 0 unspecified atom stereocenters. The van der Waals surface area contributed by atoms with Crippen molar-refractivity contribution in [3.05, 3.63) is 77.5 Å². The summed E-state index contributed by atoms with van der Waals surface area (Å²) in [5.74, 6) is 0.507. The van der Waals surface area contributed by atoms with Gasteiger partial charge in [-0.3, -0.25) is 5.10 Å². The fourth-order valence-corrected chi connectivity index (χ4v) is 3.94. The van der Waals surface area contributed by atoms with Crippen LogP contribution in [-0.4, -0.2) is 10.2 Å². The molecule has 0 bridgehead atoms.